The zero-order chi connectivity index (χ0) is 41.3. The second-order valence-electron chi connectivity index (χ2n) is 20.9. The summed E-state index contributed by atoms with van der Waals surface area (Å²) in [6.07, 6.45) is 9.75. The van der Waals surface area contributed by atoms with E-state index < -0.39 is 5.54 Å². The van der Waals surface area contributed by atoms with Crippen molar-refractivity contribution in [1.29, 1.82) is 0 Å². The quantitative estimate of drug-likeness (QED) is 0.165. The third-order valence-electron chi connectivity index (χ3n) is 18.2. The summed E-state index contributed by atoms with van der Waals surface area (Å²) < 4.78 is 0. The van der Waals surface area contributed by atoms with Gasteiger partial charge in [0.15, 0.2) is 0 Å². The molecule has 2 nitrogen and oxygen atoms in total. The molecule has 7 aliphatic carbocycles. The molecule has 0 aromatic heterocycles. The SMILES string of the molecule is CC1C2=C(C3(C)C4=C1C1(C)C(=CC4(C)N(c4ccc(-c5ccccc5)cc4)c4ccccc43)N(c3ccccc3)c3ccccc31)C1(c3ccccc32)C2CC3CC(C2)CC1C3. The van der Waals surface area contributed by atoms with E-state index in [0.717, 1.165) is 11.8 Å². The van der Waals surface area contributed by atoms with Crippen LogP contribution in [0.4, 0.5) is 22.7 Å². The molecule has 15 rings (SSSR count). The van der Waals surface area contributed by atoms with Crippen LogP contribution in [0.1, 0.15) is 82.1 Å². The highest BCUT2D eigenvalue weighted by Gasteiger charge is 2.72. The lowest BCUT2D eigenvalue weighted by Gasteiger charge is -2.67. The van der Waals surface area contributed by atoms with Crippen molar-refractivity contribution < 1.29 is 0 Å². The smallest absolute Gasteiger partial charge is 0.0853 e. The molecule has 0 amide bonds. The van der Waals surface area contributed by atoms with Crippen LogP contribution in [0.5, 0.6) is 0 Å². The van der Waals surface area contributed by atoms with Gasteiger partial charge in [-0.15, -0.1) is 0 Å². The molecule has 4 unspecified atom stereocenters. The van der Waals surface area contributed by atoms with Crippen LogP contribution in [0.3, 0.4) is 0 Å². The number of rotatable bonds is 3. The predicted octanol–water partition coefficient (Wildman–Crippen LogP) is 14.6. The van der Waals surface area contributed by atoms with Gasteiger partial charge in [0.05, 0.1) is 16.6 Å². The third-order valence-corrected chi connectivity index (χ3v) is 18.2. The zero-order valence-corrected chi connectivity index (χ0v) is 36.4. The highest BCUT2D eigenvalue weighted by atomic mass is 15.3. The van der Waals surface area contributed by atoms with Crippen LogP contribution in [0.25, 0.3) is 16.7 Å². The summed E-state index contributed by atoms with van der Waals surface area (Å²) in [7, 11) is 0. The van der Waals surface area contributed by atoms with Crippen LogP contribution < -0.4 is 9.80 Å². The molecule has 4 bridgehead atoms. The summed E-state index contributed by atoms with van der Waals surface area (Å²) in [5.41, 5.74) is 20.6. The van der Waals surface area contributed by atoms with Gasteiger partial charge in [0, 0.05) is 39.5 Å². The Morgan fingerprint density at radius 1 is 0.484 bits per heavy atom. The van der Waals surface area contributed by atoms with E-state index in [1.165, 1.54) is 82.8 Å². The molecule has 62 heavy (non-hydrogen) atoms. The average Bonchev–Trinajstić information content (AvgIpc) is 3.75. The Bertz CT molecular complexity index is 2960. The van der Waals surface area contributed by atoms with E-state index in [2.05, 4.69) is 201 Å². The van der Waals surface area contributed by atoms with Gasteiger partial charge in [-0.05, 0) is 175 Å². The second-order valence-corrected chi connectivity index (χ2v) is 20.9. The van der Waals surface area contributed by atoms with Crippen molar-refractivity contribution in [1.82, 2.24) is 0 Å². The number of benzene rings is 6. The highest BCUT2D eigenvalue weighted by molar-refractivity contribution is 5.96. The van der Waals surface area contributed by atoms with Gasteiger partial charge in [-0.25, -0.2) is 0 Å². The number of para-hydroxylation sites is 3. The summed E-state index contributed by atoms with van der Waals surface area (Å²) in [5.74, 6) is 3.37. The van der Waals surface area contributed by atoms with E-state index in [0.29, 0.717) is 11.8 Å². The third kappa shape index (κ3) is 4.06. The van der Waals surface area contributed by atoms with Crippen LogP contribution in [-0.2, 0) is 16.2 Å². The lowest BCUT2D eigenvalue weighted by atomic mass is 9.38. The molecule has 6 aromatic carbocycles. The maximum atomic E-state index is 2.76. The van der Waals surface area contributed by atoms with E-state index in [-0.39, 0.29) is 22.2 Å². The van der Waals surface area contributed by atoms with Gasteiger partial charge in [0.2, 0.25) is 0 Å². The number of fused-ring (bicyclic) bond motifs is 9. The molecular weight excluding hydrogens is 749 g/mol. The average molecular weight is 803 g/mol. The van der Waals surface area contributed by atoms with Gasteiger partial charge >= 0.3 is 0 Å². The van der Waals surface area contributed by atoms with Crippen molar-refractivity contribution in [3.8, 4) is 11.1 Å². The lowest BCUT2D eigenvalue weighted by Crippen LogP contribution is -2.64. The van der Waals surface area contributed by atoms with E-state index >= 15 is 0 Å². The number of nitrogens with zero attached hydrogens (tertiary/aromatic N) is 2. The van der Waals surface area contributed by atoms with Crippen LogP contribution in [0, 0.1) is 29.6 Å². The Morgan fingerprint density at radius 3 is 1.71 bits per heavy atom. The van der Waals surface area contributed by atoms with Gasteiger partial charge < -0.3 is 9.80 Å². The largest absolute Gasteiger partial charge is 0.328 e. The molecule has 6 aromatic rings. The fourth-order valence-corrected chi connectivity index (χ4v) is 16.6. The van der Waals surface area contributed by atoms with Gasteiger partial charge in [-0.1, -0.05) is 128 Å². The fourth-order valence-electron chi connectivity index (χ4n) is 16.6. The Labute approximate surface area is 367 Å². The van der Waals surface area contributed by atoms with Gasteiger partial charge in [-0.2, -0.15) is 0 Å². The number of hydrogen-bond acceptors (Lipinski definition) is 2. The molecule has 1 spiro atoms. The number of hydrogen-bond donors (Lipinski definition) is 0. The Hall–Kier alpha value is -5.86. The number of anilines is 4. The van der Waals surface area contributed by atoms with Crippen molar-refractivity contribution in [3.63, 3.8) is 0 Å². The topological polar surface area (TPSA) is 6.48 Å². The molecular formula is C60H54N2. The molecule has 0 radical (unpaired) electrons. The minimum atomic E-state index is -0.495. The normalized spacial score (nSPS) is 33.8. The minimum Gasteiger partial charge on any atom is -0.328 e. The van der Waals surface area contributed by atoms with Crippen molar-refractivity contribution in [3.05, 3.63) is 208 Å². The van der Waals surface area contributed by atoms with E-state index in [4.69, 9.17) is 0 Å². The molecule has 2 heteroatoms. The Morgan fingerprint density at radius 2 is 1.03 bits per heavy atom. The Balaban J connectivity index is 1.11. The lowest BCUT2D eigenvalue weighted by molar-refractivity contribution is -0.0465. The summed E-state index contributed by atoms with van der Waals surface area (Å²) in [6.45, 7) is 10.6. The number of allylic oxidation sites excluding steroid dienone is 3. The monoisotopic (exact) mass is 802 g/mol. The molecule has 2 aliphatic heterocycles. The zero-order valence-electron chi connectivity index (χ0n) is 36.4. The van der Waals surface area contributed by atoms with Gasteiger partial charge in [0.25, 0.3) is 0 Å². The molecule has 4 saturated carbocycles. The minimum absolute atomic E-state index is 0.0446. The van der Waals surface area contributed by atoms with E-state index in [1.54, 1.807) is 33.4 Å². The van der Waals surface area contributed by atoms with E-state index in [1.807, 2.05) is 0 Å². The van der Waals surface area contributed by atoms with Gasteiger partial charge in [-0.3, -0.25) is 0 Å². The molecule has 2 heterocycles. The highest BCUT2D eigenvalue weighted by Crippen LogP contribution is 2.78. The fraction of sp³-hybridized carbons (Fsp3) is 0.300. The summed E-state index contributed by atoms with van der Waals surface area (Å²) in [4.78, 5) is 5.38. The standard InChI is InChI=1S/C60H54N2/c1-37-53-46-21-11-12-22-47(46)60(42-32-38-31-39(34-42)35-43(60)33-38)55(53)59(4)49-24-14-16-26-51(49)62(45-29-27-41(28-30-45)40-17-7-5-8-18-40)57(2)36-52-58(3,54(37)56(57)59)48-23-13-15-25-50(48)61(52)44-19-9-6-10-20-44/h5-30,36-39,42-43H,31-35H2,1-4H3. The maximum Gasteiger partial charge on any atom is 0.0853 e. The van der Waals surface area contributed by atoms with Crippen LogP contribution in [0.15, 0.2) is 186 Å². The molecule has 4 fully saturated rings. The van der Waals surface area contributed by atoms with Crippen LogP contribution >= 0.6 is 0 Å². The summed E-state index contributed by atoms with van der Waals surface area (Å²) >= 11 is 0. The van der Waals surface area contributed by atoms with Crippen LogP contribution in [0.2, 0.25) is 0 Å². The molecule has 304 valence electrons. The first-order chi connectivity index (χ1) is 30.3. The van der Waals surface area contributed by atoms with Crippen molar-refractivity contribution >= 4 is 28.3 Å². The van der Waals surface area contributed by atoms with Crippen LogP contribution in [-0.4, -0.2) is 5.54 Å². The molecule has 4 atom stereocenters. The summed E-state index contributed by atoms with van der Waals surface area (Å²) in [5, 5.41) is 0. The van der Waals surface area contributed by atoms with Crippen molar-refractivity contribution in [2.75, 3.05) is 9.80 Å². The van der Waals surface area contributed by atoms with Crippen molar-refractivity contribution in [2.45, 2.75) is 81.6 Å². The van der Waals surface area contributed by atoms with Crippen molar-refractivity contribution in [2.24, 2.45) is 29.6 Å². The first kappa shape index (κ1) is 35.7. The van der Waals surface area contributed by atoms with Gasteiger partial charge in [0.1, 0.15) is 0 Å². The second kappa shape index (κ2) is 12.0. The molecule has 0 N–H and O–H groups in total. The van der Waals surface area contributed by atoms with E-state index in [9.17, 15) is 0 Å². The maximum absolute atomic E-state index is 2.76. The Kier molecular flexibility index (Phi) is 6.90. The molecule has 9 aliphatic rings. The predicted molar refractivity (Wildman–Crippen MR) is 255 cm³/mol. The molecule has 0 saturated heterocycles. The first-order valence-corrected chi connectivity index (χ1v) is 23.6. The first-order valence-electron chi connectivity index (χ1n) is 23.6. The summed E-state index contributed by atoms with van der Waals surface area (Å²) in [6, 6.07) is 60.5.